The average Bonchev–Trinajstić information content (AvgIpc) is 2.09. The van der Waals surface area contributed by atoms with Crippen LogP contribution in [0.15, 0.2) is 17.2 Å². The van der Waals surface area contributed by atoms with Gasteiger partial charge in [0.05, 0.1) is 0 Å². The predicted octanol–water partition coefficient (Wildman–Crippen LogP) is 0.223. The van der Waals surface area contributed by atoms with Gasteiger partial charge in [0.15, 0.2) is 0 Å². The topological polar surface area (TPSA) is 76.3 Å². The van der Waals surface area contributed by atoms with Crippen molar-refractivity contribution in [3.05, 3.63) is 17.8 Å². The normalized spacial score (nSPS) is 12.0. The number of nitrogens with two attached hydrogens (primary N) is 1. The molecular weight excluding hydrogens is 202 g/mol. The molecule has 1 aromatic rings. The Morgan fingerprint density at radius 1 is 1.43 bits per heavy atom. The predicted molar refractivity (Wildman–Crippen MR) is 54.3 cm³/mol. The molecule has 1 rings (SSSR count). The summed E-state index contributed by atoms with van der Waals surface area (Å²) in [5.74, 6) is 0.350. The van der Waals surface area contributed by atoms with E-state index in [4.69, 9.17) is 5.73 Å². The zero-order valence-electron chi connectivity index (χ0n) is 8.35. The number of nitrogens with zero attached hydrogens (tertiary/aromatic N) is 2. The van der Waals surface area contributed by atoms with Crippen molar-refractivity contribution in [1.29, 1.82) is 0 Å². The van der Waals surface area contributed by atoms with E-state index >= 15 is 0 Å². The van der Waals surface area contributed by atoms with Gasteiger partial charge >= 0.3 is 0 Å². The fraction of sp³-hybridized carbons (Fsp3) is 0.375. The molecule has 0 amide bonds. The number of sulfonamides is 1. The third-order valence-electron chi connectivity index (χ3n) is 1.87. The summed E-state index contributed by atoms with van der Waals surface area (Å²) < 4.78 is 24.4. The quantitative estimate of drug-likeness (QED) is 0.765. The Kier molecular flexibility index (Phi) is 2.77. The van der Waals surface area contributed by atoms with Crippen LogP contribution in [-0.4, -0.2) is 31.8 Å². The second-order valence-corrected chi connectivity index (χ2v) is 5.31. The van der Waals surface area contributed by atoms with Crippen LogP contribution in [0.1, 0.15) is 5.56 Å². The Morgan fingerprint density at radius 3 is 2.43 bits per heavy atom. The highest BCUT2D eigenvalue weighted by Crippen LogP contribution is 2.16. The maximum absolute atomic E-state index is 11.6. The molecule has 0 unspecified atom stereocenters. The van der Waals surface area contributed by atoms with Crippen LogP contribution in [0.2, 0.25) is 0 Å². The number of aryl methyl sites for hydroxylation is 1. The van der Waals surface area contributed by atoms with Crippen molar-refractivity contribution in [3.8, 4) is 0 Å². The van der Waals surface area contributed by atoms with Crippen molar-refractivity contribution in [2.75, 3.05) is 19.8 Å². The van der Waals surface area contributed by atoms with Crippen molar-refractivity contribution in [2.24, 2.45) is 0 Å². The first-order valence-electron chi connectivity index (χ1n) is 4.00. The first-order chi connectivity index (χ1) is 6.35. The molecule has 5 nitrogen and oxygen atoms in total. The maximum atomic E-state index is 11.6. The molecule has 0 aliphatic carbocycles. The van der Waals surface area contributed by atoms with Gasteiger partial charge in [0, 0.05) is 20.3 Å². The summed E-state index contributed by atoms with van der Waals surface area (Å²) in [5.41, 5.74) is 6.15. The molecule has 0 fully saturated rings. The lowest BCUT2D eigenvalue weighted by Gasteiger charge is -2.11. The van der Waals surface area contributed by atoms with Crippen molar-refractivity contribution in [2.45, 2.75) is 11.8 Å². The number of aromatic nitrogens is 1. The minimum absolute atomic E-state index is 0.161. The number of nitrogen functional groups attached to an aromatic ring is 1. The second-order valence-electron chi connectivity index (χ2n) is 3.16. The van der Waals surface area contributed by atoms with Crippen LogP contribution in [0.4, 0.5) is 5.82 Å². The molecule has 0 bridgehead atoms. The van der Waals surface area contributed by atoms with Crippen molar-refractivity contribution in [3.63, 3.8) is 0 Å². The highest BCUT2D eigenvalue weighted by Gasteiger charge is 2.17. The van der Waals surface area contributed by atoms with E-state index in [1.807, 2.05) is 0 Å². The number of anilines is 1. The van der Waals surface area contributed by atoms with Gasteiger partial charge in [-0.15, -0.1) is 0 Å². The lowest BCUT2D eigenvalue weighted by Crippen LogP contribution is -2.22. The molecule has 1 aromatic heterocycles. The summed E-state index contributed by atoms with van der Waals surface area (Å²) in [5, 5.41) is 0. The van der Waals surface area contributed by atoms with Gasteiger partial charge in [-0.2, -0.15) is 0 Å². The molecule has 78 valence electrons. The van der Waals surface area contributed by atoms with Crippen LogP contribution >= 0.6 is 0 Å². The minimum Gasteiger partial charge on any atom is -0.383 e. The van der Waals surface area contributed by atoms with E-state index < -0.39 is 10.0 Å². The summed E-state index contributed by atoms with van der Waals surface area (Å²) in [6, 6.07) is 1.51. The minimum atomic E-state index is -3.40. The molecule has 14 heavy (non-hydrogen) atoms. The largest absolute Gasteiger partial charge is 0.383 e. The molecule has 0 radical (unpaired) electrons. The summed E-state index contributed by atoms with van der Waals surface area (Å²) in [7, 11) is -0.454. The van der Waals surface area contributed by atoms with Gasteiger partial charge in [0.25, 0.3) is 0 Å². The Balaban J connectivity index is 3.29. The average molecular weight is 215 g/mol. The molecule has 1 heterocycles. The highest BCUT2D eigenvalue weighted by atomic mass is 32.2. The van der Waals surface area contributed by atoms with E-state index in [1.165, 1.54) is 26.4 Å². The Morgan fingerprint density at radius 2 is 2.00 bits per heavy atom. The molecule has 6 heteroatoms. The van der Waals surface area contributed by atoms with E-state index in [0.717, 1.165) is 4.31 Å². The van der Waals surface area contributed by atoms with Crippen LogP contribution in [-0.2, 0) is 10.0 Å². The van der Waals surface area contributed by atoms with Crippen LogP contribution in [0.5, 0.6) is 0 Å². The van der Waals surface area contributed by atoms with E-state index in [2.05, 4.69) is 4.98 Å². The smallest absolute Gasteiger partial charge is 0.244 e. The van der Waals surface area contributed by atoms with Crippen LogP contribution < -0.4 is 5.73 Å². The molecule has 0 aliphatic rings. The van der Waals surface area contributed by atoms with Crippen LogP contribution in [0, 0.1) is 6.92 Å². The summed E-state index contributed by atoms with van der Waals surface area (Å²) >= 11 is 0. The zero-order chi connectivity index (χ0) is 10.9. The van der Waals surface area contributed by atoms with E-state index in [-0.39, 0.29) is 4.90 Å². The standard InChI is InChI=1S/C8H13N3O2S/c1-6-4-7(5-10-8(6)9)14(12,13)11(2)3/h4-5H,1-3H3,(H2,9,10). The first-order valence-corrected chi connectivity index (χ1v) is 5.44. The molecular formula is C8H13N3O2S. The van der Waals surface area contributed by atoms with Gasteiger partial charge in [0.2, 0.25) is 10.0 Å². The Hall–Kier alpha value is -1.14. The van der Waals surface area contributed by atoms with Crippen LogP contribution in [0.25, 0.3) is 0 Å². The fourth-order valence-electron chi connectivity index (χ4n) is 0.911. The summed E-state index contributed by atoms with van der Waals surface area (Å²) in [6.07, 6.45) is 1.26. The first kappa shape index (κ1) is 10.9. The molecule has 0 aliphatic heterocycles. The number of hydrogen-bond donors (Lipinski definition) is 1. The highest BCUT2D eigenvalue weighted by molar-refractivity contribution is 7.89. The summed E-state index contributed by atoms with van der Waals surface area (Å²) in [4.78, 5) is 3.96. The third kappa shape index (κ3) is 1.85. The maximum Gasteiger partial charge on any atom is 0.244 e. The summed E-state index contributed by atoms with van der Waals surface area (Å²) in [6.45, 7) is 1.72. The van der Waals surface area contributed by atoms with Gasteiger partial charge in [-0.3, -0.25) is 0 Å². The lowest BCUT2D eigenvalue weighted by molar-refractivity contribution is 0.520. The van der Waals surface area contributed by atoms with Gasteiger partial charge in [-0.05, 0) is 18.6 Å². The van der Waals surface area contributed by atoms with Gasteiger partial charge in [-0.25, -0.2) is 17.7 Å². The molecule has 0 spiro atoms. The van der Waals surface area contributed by atoms with Gasteiger partial charge in [-0.1, -0.05) is 0 Å². The molecule has 0 aromatic carbocycles. The van der Waals surface area contributed by atoms with Crippen molar-refractivity contribution in [1.82, 2.24) is 9.29 Å². The molecule has 0 atom stereocenters. The van der Waals surface area contributed by atoms with E-state index in [1.54, 1.807) is 6.92 Å². The number of hydrogen-bond acceptors (Lipinski definition) is 4. The second kappa shape index (κ2) is 3.55. The monoisotopic (exact) mass is 215 g/mol. The third-order valence-corrected chi connectivity index (χ3v) is 3.65. The van der Waals surface area contributed by atoms with E-state index in [9.17, 15) is 8.42 Å². The number of rotatable bonds is 2. The van der Waals surface area contributed by atoms with Gasteiger partial charge < -0.3 is 5.73 Å². The van der Waals surface area contributed by atoms with Crippen molar-refractivity contribution < 1.29 is 8.42 Å². The molecule has 2 N–H and O–H groups in total. The van der Waals surface area contributed by atoms with Gasteiger partial charge in [0.1, 0.15) is 10.7 Å². The molecule has 0 saturated carbocycles. The van der Waals surface area contributed by atoms with E-state index in [0.29, 0.717) is 11.4 Å². The Labute approximate surface area is 83.6 Å². The Bertz CT molecular complexity index is 440. The number of pyridine rings is 1. The SMILES string of the molecule is Cc1cc(S(=O)(=O)N(C)C)cnc1N. The lowest BCUT2D eigenvalue weighted by atomic mass is 10.3. The zero-order valence-corrected chi connectivity index (χ0v) is 9.17. The van der Waals surface area contributed by atoms with Crippen molar-refractivity contribution >= 4 is 15.8 Å². The fourth-order valence-corrected chi connectivity index (χ4v) is 1.84. The molecule has 0 saturated heterocycles. The van der Waals surface area contributed by atoms with Crippen LogP contribution in [0.3, 0.4) is 0 Å².